The van der Waals surface area contributed by atoms with Gasteiger partial charge in [0.25, 0.3) is 0 Å². The molecule has 0 atom stereocenters. The van der Waals surface area contributed by atoms with Gasteiger partial charge in [-0.3, -0.25) is 4.79 Å². The van der Waals surface area contributed by atoms with Gasteiger partial charge in [0, 0.05) is 23.9 Å². The standard InChI is InChI=1S/C21H24N4O3S/c1-5-25-20(16-9-7-6-8-14(16)2)23-24-21(25)29-13-19(26)22-15-10-11-17(27-3)18(12-15)28-4/h6-12H,5,13H2,1-4H3,(H,22,26). The second-order valence-corrected chi connectivity index (χ2v) is 7.21. The third-order valence-corrected chi connectivity index (χ3v) is 5.39. The summed E-state index contributed by atoms with van der Waals surface area (Å²) in [5.74, 6) is 2.07. The second-order valence-electron chi connectivity index (χ2n) is 6.27. The van der Waals surface area contributed by atoms with Gasteiger partial charge in [-0.1, -0.05) is 36.0 Å². The van der Waals surface area contributed by atoms with Crippen molar-refractivity contribution in [1.29, 1.82) is 0 Å². The number of thioether (sulfide) groups is 1. The molecule has 0 saturated carbocycles. The first-order valence-corrected chi connectivity index (χ1v) is 10.2. The van der Waals surface area contributed by atoms with E-state index in [1.165, 1.54) is 11.8 Å². The lowest BCUT2D eigenvalue weighted by molar-refractivity contribution is -0.113. The van der Waals surface area contributed by atoms with E-state index in [0.717, 1.165) is 23.5 Å². The molecule has 0 aliphatic rings. The van der Waals surface area contributed by atoms with Crippen LogP contribution in [0.25, 0.3) is 11.4 Å². The molecule has 1 heterocycles. The second kappa shape index (κ2) is 9.47. The molecule has 0 aliphatic carbocycles. The van der Waals surface area contributed by atoms with E-state index >= 15 is 0 Å². The molecule has 7 nitrogen and oxygen atoms in total. The van der Waals surface area contributed by atoms with Gasteiger partial charge in [-0.15, -0.1) is 10.2 Å². The van der Waals surface area contributed by atoms with Gasteiger partial charge in [0.2, 0.25) is 5.91 Å². The first-order valence-electron chi connectivity index (χ1n) is 9.21. The van der Waals surface area contributed by atoms with Crippen LogP contribution in [-0.4, -0.2) is 40.6 Å². The van der Waals surface area contributed by atoms with Crippen LogP contribution in [0.1, 0.15) is 12.5 Å². The van der Waals surface area contributed by atoms with Crippen molar-refractivity contribution in [3.63, 3.8) is 0 Å². The molecule has 0 bridgehead atoms. The van der Waals surface area contributed by atoms with Gasteiger partial charge in [0.1, 0.15) is 0 Å². The Bertz CT molecular complexity index is 1000. The van der Waals surface area contributed by atoms with E-state index in [4.69, 9.17) is 9.47 Å². The highest BCUT2D eigenvalue weighted by molar-refractivity contribution is 7.99. The number of hydrogen-bond acceptors (Lipinski definition) is 6. The molecule has 1 aromatic heterocycles. The smallest absolute Gasteiger partial charge is 0.234 e. The summed E-state index contributed by atoms with van der Waals surface area (Å²) < 4.78 is 12.5. The lowest BCUT2D eigenvalue weighted by Crippen LogP contribution is -2.14. The fraction of sp³-hybridized carbons (Fsp3) is 0.286. The van der Waals surface area contributed by atoms with Crippen molar-refractivity contribution < 1.29 is 14.3 Å². The molecule has 2 aromatic carbocycles. The van der Waals surface area contributed by atoms with Gasteiger partial charge in [-0.25, -0.2) is 0 Å². The Morgan fingerprint density at radius 2 is 1.86 bits per heavy atom. The van der Waals surface area contributed by atoms with E-state index in [-0.39, 0.29) is 11.7 Å². The quantitative estimate of drug-likeness (QED) is 0.563. The molecule has 0 fully saturated rings. The van der Waals surface area contributed by atoms with Gasteiger partial charge in [-0.05, 0) is 31.5 Å². The van der Waals surface area contributed by atoms with Crippen LogP contribution in [0.15, 0.2) is 47.6 Å². The van der Waals surface area contributed by atoms with Crippen LogP contribution in [0.2, 0.25) is 0 Å². The molecule has 152 valence electrons. The molecular weight excluding hydrogens is 388 g/mol. The fourth-order valence-corrected chi connectivity index (χ4v) is 3.75. The largest absolute Gasteiger partial charge is 0.493 e. The van der Waals surface area contributed by atoms with Crippen LogP contribution < -0.4 is 14.8 Å². The van der Waals surface area contributed by atoms with Crippen molar-refractivity contribution in [3.05, 3.63) is 48.0 Å². The minimum absolute atomic E-state index is 0.134. The maximum atomic E-state index is 12.4. The lowest BCUT2D eigenvalue weighted by Gasteiger charge is -2.11. The summed E-state index contributed by atoms with van der Waals surface area (Å²) in [6.45, 7) is 4.81. The summed E-state index contributed by atoms with van der Waals surface area (Å²) in [6, 6.07) is 13.3. The van der Waals surface area contributed by atoms with Crippen LogP contribution in [0, 0.1) is 6.92 Å². The average molecular weight is 413 g/mol. The number of aromatic nitrogens is 3. The van der Waals surface area contributed by atoms with Crippen molar-refractivity contribution in [2.24, 2.45) is 0 Å². The number of hydrogen-bond donors (Lipinski definition) is 1. The van der Waals surface area contributed by atoms with E-state index in [1.54, 1.807) is 32.4 Å². The summed E-state index contributed by atoms with van der Waals surface area (Å²) in [5.41, 5.74) is 2.83. The van der Waals surface area contributed by atoms with Gasteiger partial charge in [0.05, 0.1) is 20.0 Å². The SMILES string of the molecule is CCn1c(SCC(=O)Nc2ccc(OC)c(OC)c2)nnc1-c1ccccc1C. The molecular formula is C21H24N4O3S. The summed E-state index contributed by atoms with van der Waals surface area (Å²) in [6.07, 6.45) is 0. The number of benzene rings is 2. The Balaban J connectivity index is 1.69. The van der Waals surface area contributed by atoms with Gasteiger partial charge in [-0.2, -0.15) is 0 Å². The predicted octanol–water partition coefficient (Wildman–Crippen LogP) is 4.02. The minimum atomic E-state index is -0.134. The van der Waals surface area contributed by atoms with E-state index in [9.17, 15) is 4.79 Å². The van der Waals surface area contributed by atoms with E-state index in [0.29, 0.717) is 22.3 Å². The van der Waals surface area contributed by atoms with Crippen LogP contribution in [-0.2, 0) is 11.3 Å². The molecule has 3 aromatic rings. The fourth-order valence-electron chi connectivity index (χ4n) is 2.94. The zero-order valence-electron chi connectivity index (χ0n) is 16.9. The van der Waals surface area contributed by atoms with E-state index in [1.807, 2.05) is 42.7 Å². The molecule has 0 saturated heterocycles. The molecule has 0 unspecified atom stereocenters. The zero-order valence-corrected chi connectivity index (χ0v) is 17.7. The first-order chi connectivity index (χ1) is 14.1. The van der Waals surface area contributed by atoms with Gasteiger partial charge in [0.15, 0.2) is 22.5 Å². The van der Waals surface area contributed by atoms with Crippen molar-refractivity contribution in [2.75, 3.05) is 25.3 Å². The molecule has 8 heteroatoms. The van der Waals surface area contributed by atoms with Crippen molar-refractivity contribution in [1.82, 2.24) is 14.8 Å². The third kappa shape index (κ3) is 4.71. The lowest BCUT2D eigenvalue weighted by atomic mass is 10.1. The Morgan fingerprint density at radius 1 is 1.10 bits per heavy atom. The summed E-state index contributed by atoms with van der Waals surface area (Å²) >= 11 is 1.36. The first kappa shape index (κ1) is 20.7. The highest BCUT2D eigenvalue weighted by Crippen LogP contribution is 2.30. The Kier molecular flexibility index (Phi) is 6.77. The molecule has 29 heavy (non-hydrogen) atoms. The predicted molar refractivity (Wildman–Crippen MR) is 115 cm³/mol. The number of anilines is 1. The van der Waals surface area contributed by atoms with Gasteiger partial charge >= 0.3 is 0 Å². The monoisotopic (exact) mass is 412 g/mol. The van der Waals surface area contributed by atoms with Crippen LogP contribution >= 0.6 is 11.8 Å². The maximum absolute atomic E-state index is 12.4. The Hall–Kier alpha value is -3.00. The molecule has 1 amide bonds. The molecule has 0 radical (unpaired) electrons. The number of nitrogens with zero attached hydrogens (tertiary/aromatic N) is 3. The number of ether oxygens (including phenoxy) is 2. The summed E-state index contributed by atoms with van der Waals surface area (Å²) in [7, 11) is 3.13. The number of nitrogens with one attached hydrogen (secondary N) is 1. The number of rotatable bonds is 8. The molecule has 0 spiro atoms. The van der Waals surface area contributed by atoms with Crippen molar-refractivity contribution >= 4 is 23.4 Å². The summed E-state index contributed by atoms with van der Waals surface area (Å²) in [4.78, 5) is 12.4. The molecule has 3 rings (SSSR count). The van der Waals surface area contributed by atoms with Crippen LogP contribution in [0.5, 0.6) is 11.5 Å². The average Bonchev–Trinajstić information content (AvgIpc) is 3.15. The van der Waals surface area contributed by atoms with Crippen molar-refractivity contribution in [3.8, 4) is 22.9 Å². The minimum Gasteiger partial charge on any atom is -0.493 e. The number of amides is 1. The number of aryl methyl sites for hydroxylation is 1. The number of carbonyl (C=O) groups excluding carboxylic acids is 1. The van der Waals surface area contributed by atoms with Crippen molar-refractivity contribution in [2.45, 2.75) is 25.5 Å². The van der Waals surface area contributed by atoms with Gasteiger partial charge < -0.3 is 19.4 Å². The van der Waals surface area contributed by atoms with Crippen LogP contribution in [0.4, 0.5) is 5.69 Å². The van der Waals surface area contributed by atoms with E-state index < -0.39 is 0 Å². The topological polar surface area (TPSA) is 78.3 Å². The highest BCUT2D eigenvalue weighted by Gasteiger charge is 2.16. The summed E-state index contributed by atoms with van der Waals surface area (Å²) in [5, 5.41) is 12.2. The number of methoxy groups -OCH3 is 2. The molecule has 1 N–H and O–H groups in total. The Morgan fingerprint density at radius 3 is 2.55 bits per heavy atom. The third-order valence-electron chi connectivity index (χ3n) is 4.42. The maximum Gasteiger partial charge on any atom is 0.234 e. The normalized spacial score (nSPS) is 10.6. The van der Waals surface area contributed by atoms with E-state index in [2.05, 4.69) is 15.5 Å². The zero-order chi connectivity index (χ0) is 20.8. The molecule has 0 aliphatic heterocycles. The Labute approximate surface area is 174 Å². The highest BCUT2D eigenvalue weighted by atomic mass is 32.2. The number of carbonyl (C=O) groups is 1. The van der Waals surface area contributed by atoms with Crippen LogP contribution in [0.3, 0.4) is 0 Å².